The van der Waals surface area contributed by atoms with Crippen molar-refractivity contribution in [3.05, 3.63) is 148 Å². The molecular weight excluding hydrogens is 923 g/mol. The minimum Gasteiger partial charge on any atom is -0.714 e. The summed E-state index contributed by atoms with van der Waals surface area (Å²) in [5.41, 5.74) is -7.17. The van der Waals surface area contributed by atoms with Gasteiger partial charge in [0.1, 0.15) is 11.1 Å². The molecule has 2 radical (unpaired) electrons. The monoisotopic (exact) mass is 968 g/mol. The van der Waals surface area contributed by atoms with Crippen LogP contribution in [0.4, 0.5) is 26.3 Å². The fourth-order valence-electron chi connectivity index (χ4n) is 8.71. The number of allylic oxidation sites excluding steroid dienone is 2. The predicted octanol–water partition coefficient (Wildman–Crippen LogP) is 12.0. The molecule has 0 bridgehead atoms. The number of thiophene rings is 2. The summed E-state index contributed by atoms with van der Waals surface area (Å²) >= 11 is 1.76. The van der Waals surface area contributed by atoms with E-state index >= 15 is 26.3 Å². The number of nitrogens with zero attached hydrogens (tertiary/aromatic N) is 4. The fourth-order valence-corrected chi connectivity index (χ4v) is 10.9. The van der Waals surface area contributed by atoms with Crippen molar-refractivity contribution in [2.75, 3.05) is 0 Å². The van der Waals surface area contributed by atoms with E-state index in [0.29, 0.717) is 30.0 Å². The predicted molar refractivity (Wildman–Crippen MR) is 252 cm³/mol. The molecule has 2 aromatic heterocycles. The van der Waals surface area contributed by atoms with Gasteiger partial charge in [0.2, 0.25) is 0 Å². The molecular formula is C52H46F6N4O4S2. The molecule has 0 amide bonds. The Kier molecular flexibility index (Phi) is 11.2. The van der Waals surface area contributed by atoms with Gasteiger partial charge in [-0.3, -0.25) is 9.48 Å². The van der Waals surface area contributed by atoms with Gasteiger partial charge >= 0.3 is 29.4 Å². The van der Waals surface area contributed by atoms with Gasteiger partial charge < -0.3 is 10.4 Å². The van der Waals surface area contributed by atoms with Crippen molar-refractivity contribution in [2.45, 2.75) is 116 Å². The lowest BCUT2D eigenvalue weighted by molar-refractivity contribution is -0.539. The summed E-state index contributed by atoms with van der Waals surface area (Å²) in [5.74, 6) is -5.52. The average molecular weight is 969 g/mol. The van der Waals surface area contributed by atoms with Gasteiger partial charge in [0, 0.05) is 53.6 Å². The Bertz CT molecular complexity index is 3180. The Morgan fingerprint density at radius 3 is 1.40 bits per heavy atom. The summed E-state index contributed by atoms with van der Waals surface area (Å²) in [6.07, 6.45) is 0. The van der Waals surface area contributed by atoms with Crippen molar-refractivity contribution in [1.29, 1.82) is 0 Å². The van der Waals surface area contributed by atoms with Gasteiger partial charge in [-0.2, -0.15) is 26.3 Å². The average Bonchev–Trinajstić information content (AvgIpc) is 3.85. The van der Waals surface area contributed by atoms with Crippen molar-refractivity contribution in [1.82, 2.24) is 10.1 Å². The quantitative estimate of drug-likeness (QED) is 0.0758. The molecule has 1 aliphatic carbocycles. The highest BCUT2D eigenvalue weighted by Crippen LogP contribution is 2.67. The lowest BCUT2D eigenvalue weighted by Gasteiger charge is -2.32. The van der Waals surface area contributed by atoms with E-state index in [0.717, 1.165) is 22.7 Å². The molecule has 0 saturated heterocycles. The van der Waals surface area contributed by atoms with Gasteiger partial charge in [-0.25, -0.2) is 0 Å². The first kappa shape index (κ1) is 48.4. The Morgan fingerprint density at radius 2 is 0.956 bits per heavy atom. The van der Waals surface area contributed by atoms with Crippen molar-refractivity contribution in [2.24, 2.45) is 0 Å². The van der Waals surface area contributed by atoms with Crippen LogP contribution in [-0.4, -0.2) is 71.2 Å². The third-order valence-corrected chi connectivity index (χ3v) is 16.7. The van der Waals surface area contributed by atoms with E-state index in [9.17, 15) is 20.8 Å². The van der Waals surface area contributed by atoms with E-state index in [-0.39, 0.29) is 59.7 Å². The van der Waals surface area contributed by atoms with E-state index in [1.54, 1.807) is 104 Å². The van der Waals surface area contributed by atoms with Gasteiger partial charge in [0.25, 0.3) is 0 Å². The summed E-state index contributed by atoms with van der Waals surface area (Å²) < 4.78 is 100. The van der Waals surface area contributed by atoms with Gasteiger partial charge in [-0.15, -0.1) is 22.7 Å². The first-order valence-electron chi connectivity index (χ1n) is 21.5. The number of rotatable bonds is 5. The first-order chi connectivity index (χ1) is 31.5. The maximum Gasteiger partial charge on any atom is 0.380 e. The molecule has 0 N–H and O–H groups in total. The highest BCUT2D eigenvalue weighted by molar-refractivity contribution is 7.16. The van der Waals surface area contributed by atoms with Crippen LogP contribution in [0.3, 0.4) is 0 Å². The van der Waals surface area contributed by atoms with Crippen LogP contribution in [0.2, 0.25) is 0 Å². The molecule has 0 unspecified atom stereocenters. The number of alkyl halides is 6. The Balaban J connectivity index is 1.35. The molecule has 3 aromatic carbocycles. The summed E-state index contributed by atoms with van der Waals surface area (Å²) in [7, 11) is 0. The summed E-state index contributed by atoms with van der Waals surface area (Å²) in [6, 6.07) is 20.8. The van der Waals surface area contributed by atoms with Crippen molar-refractivity contribution < 1.29 is 46.2 Å². The van der Waals surface area contributed by atoms with Crippen molar-refractivity contribution >= 4 is 45.5 Å². The fraction of sp³-hybridized carbons (Fsp3) is 0.346. The van der Waals surface area contributed by atoms with E-state index in [2.05, 4.69) is 23.7 Å². The Hall–Kier alpha value is -6.04. The van der Waals surface area contributed by atoms with E-state index < -0.39 is 62.2 Å². The van der Waals surface area contributed by atoms with Crippen LogP contribution in [0.25, 0.3) is 21.6 Å². The highest BCUT2D eigenvalue weighted by atomic mass is 32.1. The lowest BCUT2D eigenvalue weighted by Crippen LogP contribution is -2.53. The van der Waals surface area contributed by atoms with Crippen LogP contribution in [0.1, 0.15) is 115 Å². The maximum absolute atomic E-state index is 16.8. The topological polar surface area (TPSA) is 98.4 Å². The van der Waals surface area contributed by atoms with Gasteiger partial charge in [-0.05, 0) is 135 Å². The third kappa shape index (κ3) is 6.73. The molecule has 68 heavy (non-hydrogen) atoms. The molecule has 4 heterocycles. The van der Waals surface area contributed by atoms with Crippen molar-refractivity contribution in [3.63, 3.8) is 0 Å². The molecule has 0 saturated carbocycles. The van der Waals surface area contributed by atoms with Crippen LogP contribution in [-0.2, 0) is 10.4 Å². The van der Waals surface area contributed by atoms with Crippen molar-refractivity contribution in [3.8, 4) is 34.1 Å². The molecule has 0 spiro atoms. The van der Waals surface area contributed by atoms with Gasteiger partial charge in [0.15, 0.2) is 11.1 Å². The molecule has 5 aromatic rings. The third-order valence-electron chi connectivity index (χ3n) is 14.3. The zero-order chi connectivity index (χ0) is 50.1. The second kappa shape index (κ2) is 15.8. The van der Waals surface area contributed by atoms with E-state index in [1.165, 1.54) is 51.1 Å². The molecule has 2 aliphatic heterocycles. The second-order valence-corrected chi connectivity index (χ2v) is 21.6. The number of amidine groups is 2. The molecule has 16 heteroatoms. The lowest BCUT2D eigenvalue weighted by atomic mass is 9.84. The maximum atomic E-state index is 16.8. The van der Waals surface area contributed by atoms with Crippen LogP contribution in [0.15, 0.2) is 78.9 Å². The molecule has 3 aliphatic rings. The highest BCUT2D eigenvalue weighted by Gasteiger charge is 2.81. The largest absolute Gasteiger partial charge is 0.714 e. The number of aryl methyl sites for hydroxylation is 1. The van der Waals surface area contributed by atoms with Crippen LogP contribution in [0.5, 0.6) is 0 Å². The molecule has 0 atom stereocenters. The first-order valence-corrected chi connectivity index (χ1v) is 23.2. The smallest absolute Gasteiger partial charge is 0.380 e. The zero-order valence-electron chi connectivity index (χ0n) is 39.0. The van der Waals surface area contributed by atoms with Crippen LogP contribution in [0, 0.1) is 54.9 Å². The van der Waals surface area contributed by atoms with E-state index in [4.69, 9.17) is 0 Å². The molecule has 8 nitrogen and oxygen atoms in total. The van der Waals surface area contributed by atoms with Crippen LogP contribution < -0.4 is 0 Å². The summed E-state index contributed by atoms with van der Waals surface area (Å²) in [4.78, 5) is 0.325. The molecule has 8 rings (SSSR count). The number of hydroxylamine groups is 6. The minimum atomic E-state index is -5.88. The van der Waals surface area contributed by atoms with Crippen LogP contribution >= 0.6 is 22.7 Å². The normalized spacial score (nSPS) is 20.5. The second-order valence-electron chi connectivity index (χ2n) is 19.3. The number of halogens is 6. The molecule has 352 valence electrons. The number of hydrogen-bond acceptors (Lipinski definition) is 6. The summed E-state index contributed by atoms with van der Waals surface area (Å²) in [6.45, 7) is 17.3. The Morgan fingerprint density at radius 1 is 0.529 bits per heavy atom. The molecule has 0 fully saturated rings. The summed E-state index contributed by atoms with van der Waals surface area (Å²) in [5, 5.41) is 55.2. The SMILES string of the molecule is Cc1sc(-c2ccccc2)c(C)c1C1=C(c2c(C#Cc3cccc(C4=[N+]([O-])C(C)(C)C(C)(C)N4[O])c3)sc(C#Cc3cccc(C4=[N+]([O-])C(C)(C)C(C)(C)N4[O])c3)c2C)C(F)(F)C(F)(F)C1(F)F. The number of benzene rings is 3. The van der Waals surface area contributed by atoms with Gasteiger partial charge in [-0.1, -0.05) is 70.4 Å². The van der Waals surface area contributed by atoms with Gasteiger partial charge in [0.05, 0.1) is 20.9 Å². The minimum absolute atomic E-state index is 0.0371. The van der Waals surface area contributed by atoms with E-state index in [1.807, 2.05) is 0 Å². The standard InChI is InChI=1S/C52H46F6N4O4S2/c1-29-37(25-23-32-17-15-21-35(27-32)44-59(63)46(4,5)47(6,7)60(44)64)68-38(26-24-33-18-16-22-36(28-33)45-61(65)48(8,9)49(10,11)62(45)66)40(29)42-41(50(53,54)52(57,58)51(42,55)56)39-30(2)43(67-31(39)3)34-19-13-12-14-20-34/h12-22,27-28H,1-11H3. The number of hydrogen-bond donors (Lipinski definition) is 0. The Labute approximate surface area is 398 Å². The zero-order valence-corrected chi connectivity index (χ0v) is 40.6.